The monoisotopic (exact) mass is 1740 g/mol. The number of carbonyl (C=O) groups is 10. The predicted octanol–water partition coefficient (Wildman–Crippen LogP) is 10.4. The third-order valence-electron chi connectivity index (χ3n) is 24.3. The molecule has 8 amide bonds. The number of fused-ring (bicyclic) bond motifs is 12. The number of aliphatic hydroxyl groups is 1. The number of benzene rings is 6. The molecule has 1 aromatic heterocycles. The van der Waals surface area contributed by atoms with Crippen LogP contribution in [0.1, 0.15) is 113 Å². The molecule has 31 nitrogen and oxygen atoms in total. The van der Waals surface area contributed by atoms with Crippen LogP contribution in [0.5, 0.6) is 5.75 Å². The van der Waals surface area contributed by atoms with Crippen molar-refractivity contribution in [1.29, 1.82) is 0 Å². The molecule has 2 aliphatic carbocycles. The Balaban J connectivity index is 0.648. The SMILES string of the molecule is COc1cc2cc(c1Cl)N(C)C(=O)C[C@](OC(=O)C(C)N(C)C(=O)CCOCCOCCNC(=O)CN(CCNC(=O)CCn1c(CN(C)N(C)C(=O)OCC3c4ccccc4-c4ccccc43)cc3ccccc31)C(=O)OCC1c3ccccc3-c3ccccc31)(OC(=O)[C@H](C)N(C)C(C)=O)[C@]1(C)O[C@H]1[C@H](C)[C@@H]1C[C@@](O)(NC(=O)O1)C(OC)/C=C/C=C(\C)C2. The summed E-state index contributed by atoms with van der Waals surface area (Å²) in [6.07, 6.45) is -1.86. The highest BCUT2D eigenvalue weighted by atomic mass is 35.5. The van der Waals surface area contributed by atoms with Gasteiger partial charge in [0, 0.05) is 117 Å². The minimum atomic E-state index is -2.75. The van der Waals surface area contributed by atoms with E-state index in [4.69, 9.17) is 59.0 Å². The van der Waals surface area contributed by atoms with Gasteiger partial charge in [-0.05, 0) is 114 Å². The van der Waals surface area contributed by atoms with Gasteiger partial charge >= 0.3 is 30.2 Å². The molecule has 0 saturated carbocycles. The number of nitrogens with one attached hydrogen (secondary N) is 3. The number of esters is 2. The minimum absolute atomic E-state index is 0.00171. The molecule has 2 unspecified atom stereocenters. The summed E-state index contributed by atoms with van der Waals surface area (Å²) < 4.78 is 62.1. The first kappa shape index (κ1) is 92.5. The fourth-order valence-corrected chi connectivity index (χ4v) is 16.9. The van der Waals surface area contributed by atoms with E-state index in [0.29, 0.717) is 18.5 Å². The van der Waals surface area contributed by atoms with E-state index in [9.17, 15) is 43.5 Å². The molecule has 32 heteroatoms. The van der Waals surface area contributed by atoms with E-state index in [0.717, 1.165) is 76.5 Å². The van der Waals surface area contributed by atoms with Crippen molar-refractivity contribution in [1.82, 2.24) is 45.2 Å². The van der Waals surface area contributed by atoms with Crippen LogP contribution in [0.4, 0.5) is 20.1 Å². The Morgan fingerprint density at radius 1 is 0.704 bits per heavy atom. The number of halogens is 1. The molecule has 4 bridgehead atoms. The number of para-hydroxylation sites is 1. The highest BCUT2D eigenvalue weighted by Crippen LogP contribution is 2.56. The molecular weight excluding hydrogens is 1630 g/mol. The number of carbonyl (C=O) groups excluding carboxylic acids is 10. The van der Waals surface area contributed by atoms with Crippen molar-refractivity contribution < 1.29 is 100 Å². The molecule has 9 atom stereocenters. The van der Waals surface area contributed by atoms with E-state index in [1.165, 1.54) is 77.9 Å². The number of aryl methyl sites for hydroxylation is 1. The lowest BCUT2D eigenvalue weighted by Crippen LogP contribution is -2.64. The maximum absolute atomic E-state index is 15.3. The number of alkyl carbamates (subject to hydrolysis) is 1. The first-order chi connectivity index (χ1) is 59.8. The Hall–Kier alpha value is -11.7. The lowest BCUT2D eigenvalue weighted by molar-refractivity contribution is -0.255. The Morgan fingerprint density at radius 2 is 1.26 bits per heavy atom. The zero-order valence-electron chi connectivity index (χ0n) is 72.8. The number of epoxide rings is 1. The standard InChI is InChI=1S/C93H111ClN10O21/c1-57-25-24-36-79(117-13)92(115)51-78(122-88(112)97-92)58(2)85-91(6,123-85)93(124-86(110)59(3)99(8)61(5)105,52-83(109)101(10)76-48-62(47-57)49-77(116-12)84(76)94)125-87(111)60(4)100(9)82(108)38-43-118-45-46-119-44-40-96-81(107)54-103(90(114)121-56-74-71-33-21-17-29-67(71)68-30-18-22-34-72(68)74)42-39-95-80(106)37-41-104-64(50-63-26-14-23-35-75(63)104)53-98(7)102(11)89(113)120-55-73-69-31-19-15-27-65(69)66-28-16-20-32-70(66)73/h14-36,48-50,58-60,73-74,78-79,85,115H,37-47,51-56H2,1-13H3,(H,95,106)(H,96,107)(H,97,112)/b36-24+,57-25+/t58-,59+,60?,78+,79?,85+,91-,92+,93-/m1/s1. The number of allylic oxidation sites excluding steroid dienone is 3. The molecule has 12 rings (SSSR count). The molecule has 0 spiro atoms. The number of amides is 8. The zero-order valence-corrected chi connectivity index (χ0v) is 73.5. The summed E-state index contributed by atoms with van der Waals surface area (Å²) in [6.45, 7) is 8.97. The lowest BCUT2D eigenvalue weighted by Gasteiger charge is -2.42. The molecule has 3 aliphatic heterocycles. The number of hydrazine groups is 1. The number of anilines is 1. The van der Waals surface area contributed by atoms with Gasteiger partial charge in [-0.25, -0.2) is 34.0 Å². The zero-order chi connectivity index (χ0) is 89.8. The van der Waals surface area contributed by atoms with Crippen LogP contribution >= 0.6 is 11.6 Å². The van der Waals surface area contributed by atoms with E-state index in [1.54, 1.807) is 56.4 Å². The summed E-state index contributed by atoms with van der Waals surface area (Å²) in [7, 11) is 10.3. The molecule has 125 heavy (non-hydrogen) atoms. The Kier molecular flexibility index (Phi) is 30.0. The van der Waals surface area contributed by atoms with Crippen molar-refractivity contribution in [3.63, 3.8) is 0 Å². The average Bonchev–Trinajstić information content (AvgIpc) is 1.54. The van der Waals surface area contributed by atoms with Crippen LogP contribution in [-0.4, -0.2) is 257 Å². The van der Waals surface area contributed by atoms with Crippen molar-refractivity contribution in [2.75, 3.05) is 120 Å². The van der Waals surface area contributed by atoms with Gasteiger partial charge in [0.15, 0.2) is 11.3 Å². The second-order valence-electron chi connectivity index (χ2n) is 32.4. The van der Waals surface area contributed by atoms with Gasteiger partial charge in [0.25, 0.3) is 5.79 Å². The van der Waals surface area contributed by atoms with Gasteiger partial charge in [-0.2, -0.15) is 0 Å². The fourth-order valence-electron chi connectivity index (χ4n) is 16.6. The summed E-state index contributed by atoms with van der Waals surface area (Å²) in [5, 5.41) is 24.6. The molecule has 4 heterocycles. The number of nitrogens with zero attached hydrogens (tertiary/aromatic N) is 7. The number of aromatic nitrogens is 1. The van der Waals surface area contributed by atoms with Crippen molar-refractivity contribution in [3.8, 4) is 28.0 Å². The van der Waals surface area contributed by atoms with Gasteiger partial charge in [0.1, 0.15) is 67.3 Å². The molecule has 2 fully saturated rings. The maximum Gasteiger partial charge on any atom is 0.424 e. The maximum atomic E-state index is 15.3. The van der Waals surface area contributed by atoms with Crippen molar-refractivity contribution in [2.24, 2.45) is 5.92 Å². The van der Waals surface area contributed by atoms with E-state index in [-0.39, 0.29) is 119 Å². The minimum Gasteiger partial charge on any atom is -0.495 e. The predicted molar refractivity (Wildman–Crippen MR) is 464 cm³/mol. The van der Waals surface area contributed by atoms with Crippen LogP contribution in [0.15, 0.2) is 163 Å². The number of hydrogen-bond donors (Lipinski definition) is 4. The molecular formula is C93H111ClN10O21. The number of hydrogen-bond acceptors (Lipinski definition) is 22. The normalized spacial score (nSPS) is 21.3. The van der Waals surface area contributed by atoms with Crippen LogP contribution in [0, 0.1) is 5.92 Å². The second-order valence-corrected chi connectivity index (χ2v) is 32.8. The number of ether oxygens (including phenoxy) is 10. The number of methoxy groups -OCH3 is 2. The molecule has 6 aromatic carbocycles. The summed E-state index contributed by atoms with van der Waals surface area (Å²) >= 11 is 6.98. The molecule has 4 N–H and O–H groups in total. The summed E-state index contributed by atoms with van der Waals surface area (Å²) in [5.74, 6) is -8.94. The van der Waals surface area contributed by atoms with E-state index in [2.05, 4.69) is 40.2 Å². The summed E-state index contributed by atoms with van der Waals surface area (Å²) in [5.41, 5.74) is 7.85. The van der Waals surface area contributed by atoms with E-state index < -0.39 is 120 Å². The lowest BCUT2D eigenvalue weighted by atomic mass is 9.82. The van der Waals surface area contributed by atoms with E-state index >= 15 is 9.59 Å². The van der Waals surface area contributed by atoms with Crippen LogP contribution in [0.25, 0.3) is 33.2 Å². The Labute approximate surface area is 732 Å². The fraction of sp³-hybridized carbons (Fsp3) is 0.441. The third-order valence-corrected chi connectivity index (χ3v) is 24.7. The van der Waals surface area contributed by atoms with Crippen LogP contribution in [-0.2, 0) is 95.7 Å². The van der Waals surface area contributed by atoms with Gasteiger partial charge in [0.05, 0.1) is 52.2 Å². The highest BCUT2D eigenvalue weighted by molar-refractivity contribution is 6.35. The largest absolute Gasteiger partial charge is 0.495 e. The molecule has 666 valence electrons. The first-order valence-electron chi connectivity index (χ1n) is 41.8. The topological polar surface area (TPSA) is 347 Å². The van der Waals surface area contributed by atoms with Gasteiger partial charge in [-0.3, -0.25) is 34.2 Å². The average molecular weight is 1740 g/mol. The van der Waals surface area contributed by atoms with Gasteiger partial charge in [-0.1, -0.05) is 158 Å². The van der Waals surface area contributed by atoms with E-state index in [1.807, 2.05) is 115 Å². The van der Waals surface area contributed by atoms with Gasteiger partial charge in [0.2, 0.25) is 29.5 Å². The Bertz CT molecular complexity index is 5140. The summed E-state index contributed by atoms with van der Waals surface area (Å²) in [4.78, 5) is 145. The van der Waals surface area contributed by atoms with Crippen LogP contribution in [0.2, 0.25) is 5.02 Å². The first-order valence-corrected chi connectivity index (χ1v) is 42.2. The Morgan fingerprint density at radius 3 is 1.86 bits per heavy atom. The molecule has 0 radical (unpaired) electrons. The van der Waals surface area contributed by atoms with Crippen molar-refractivity contribution >= 4 is 87.9 Å². The third kappa shape index (κ3) is 21.0. The van der Waals surface area contributed by atoms with Gasteiger partial charge in [-0.15, -0.1) is 0 Å². The van der Waals surface area contributed by atoms with Gasteiger partial charge < -0.3 is 82.4 Å². The quantitative estimate of drug-likeness (QED) is 0.00760. The van der Waals surface area contributed by atoms with Crippen LogP contribution in [0.3, 0.4) is 0 Å². The number of rotatable bonds is 32. The van der Waals surface area contributed by atoms with Crippen molar-refractivity contribution in [2.45, 2.75) is 146 Å². The second kappa shape index (κ2) is 40.5. The summed E-state index contributed by atoms with van der Waals surface area (Å²) in [6, 6.07) is 42.5. The molecule has 5 aliphatic rings. The smallest absolute Gasteiger partial charge is 0.424 e. The molecule has 2 saturated heterocycles. The molecule has 7 aromatic rings. The van der Waals surface area contributed by atoms with Crippen LogP contribution < -0.4 is 25.6 Å². The number of likely N-dealkylation sites (N-methyl/N-ethyl adjacent to an activating group) is 2. The van der Waals surface area contributed by atoms with Crippen molar-refractivity contribution in [3.05, 3.63) is 202 Å². The highest BCUT2D eigenvalue weighted by Gasteiger charge is 2.74.